The minimum atomic E-state index is -0.373. The van der Waals surface area contributed by atoms with Crippen LogP contribution >= 0.6 is 11.3 Å². The number of rotatable bonds is 4. The van der Waals surface area contributed by atoms with Crippen LogP contribution in [0.25, 0.3) is 11.5 Å². The van der Waals surface area contributed by atoms with Gasteiger partial charge in [-0.3, -0.25) is 9.89 Å². The predicted octanol–water partition coefficient (Wildman–Crippen LogP) is 3.19. The molecule has 0 aliphatic rings. The lowest BCUT2D eigenvalue weighted by Crippen LogP contribution is -2.19. The summed E-state index contributed by atoms with van der Waals surface area (Å²) in [6.45, 7) is 3.70. The van der Waals surface area contributed by atoms with E-state index in [9.17, 15) is 4.79 Å². The van der Waals surface area contributed by atoms with Gasteiger partial charge in [-0.15, -0.1) is 11.3 Å². The van der Waals surface area contributed by atoms with Crippen LogP contribution in [0.15, 0.2) is 45.2 Å². The van der Waals surface area contributed by atoms with E-state index in [2.05, 4.69) is 20.7 Å². The number of nitrogens with one attached hydrogen (secondary N) is 2. The van der Waals surface area contributed by atoms with Gasteiger partial charge in [-0.25, -0.2) is 5.43 Å². The van der Waals surface area contributed by atoms with Gasteiger partial charge in [0.2, 0.25) is 0 Å². The van der Waals surface area contributed by atoms with Gasteiger partial charge in [0.05, 0.1) is 5.71 Å². The highest BCUT2D eigenvalue weighted by Gasteiger charge is 2.13. The fraction of sp³-hybridized carbons (Fsp3) is 0.133. The molecule has 3 aromatic rings. The van der Waals surface area contributed by atoms with E-state index >= 15 is 0 Å². The molecule has 0 atom stereocenters. The van der Waals surface area contributed by atoms with E-state index in [0.29, 0.717) is 11.5 Å². The van der Waals surface area contributed by atoms with E-state index in [1.54, 1.807) is 17.4 Å². The fourth-order valence-electron chi connectivity index (χ4n) is 1.87. The number of aromatic amines is 1. The van der Waals surface area contributed by atoms with Gasteiger partial charge in [0.1, 0.15) is 11.5 Å². The number of amides is 1. The minimum absolute atomic E-state index is 0.256. The first-order chi connectivity index (χ1) is 10.6. The van der Waals surface area contributed by atoms with Crippen LogP contribution in [0, 0.1) is 6.92 Å². The highest BCUT2D eigenvalue weighted by atomic mass is 32.1. The summed E-state index contributed by atoms with van der Waals surface area (Å²) in [5.41, 5.74) is 4.16. The first-order valence-corrected chi connectivity index (χ1v) is 7.52. The van der Waals surface area contributed by atoms with Gasteiger partial charge in [-0.05, 0) is 37.4 Å². The smallest absolute Gasteiger partial charge is 0.291 e. The lowest BCUT2D eigenvalue weighted by Gasteiger charge is -1.98. The summed E-state index contributed by atoms with van der Waals surface area (Å²) in [5, 5.41) is 12.8. The average Bonchev–Trinajstić information content (AvgIpc) is 3.23. The Kier molecular flexibility index (Phi) is 3.88. The van der Waals surface area contributed by atoms with E-state index in [-0.39, 0.29) is 11.6 Å². The molecule has 1 amide bonds. The molecule has 0 radical (unpaired) electrons. The number of hydrogen-bond acceptors (Lipinski definition) is 5. The summed E-state index contributed by atoms with van der Waals surface area (Å²) in [7, 11) is 0. The lowest BCUT2D eigenvalue weighted by atomic mass is 10.3. The first kappa shape index (κ1) is 14.3. The van der Waals surface area contributed by atoms with Gasteiger partial charge in [0.25, 0.3) is 5.91 Å². The zero-order chi connectivity index (χ0) is 15.5. The summed E-state index contributed by atoms with van der Waals surface area (Å²) in [6, 6.07) is 9.19. The van der Waals surface area contributed by atoms with Crippen molar-refractivity contribution in [2.24, 2.45) is 5.10 Å². The van der Waals surface area contributed by atoms with Crippen LogP contribution < -0.4 is 5.43 Å². The van der Waals surface area contributed by atoms with Gasteiger partial charge in [0, 0.05) is 10.9 Å². The third-order valence-electron chi connectivity index (χ3n) is 3.02. The van der Waals surface area contributed by atoms with Crippen LogP contribution in [0.5, 0.6) is 0 Å². The van der Waals surface area contributed by atoms with E-state index < -0.39 is 0 Å². The topological polar surface area (TPSA) is 83.3 Å². The second kappa shape index (κ2) is 5.98. The van der Waals surface area contributed by atoms with Crippen molar-refractivity contribution in [2.75, 3.05) is 0 Å². The Balaban J connectivity index is 1.71. The normalized spacial score (nSPS) is 11.6. The standard InChI is InChI=1S/C15H14N4O2S/c1-9-5-6-13(21-9)11-8-12(18-17-11)15(20)19-16-10(2)14-4-3-7-22-14/h3-8H,1-2H3,(H,17,18)(H,19,20)/b16-10-. The molecular formula is C15H14N4O2S. The highest BCUT2D eigenvalue weighted by molar-refractivity contribution is 7.12. The summed E-state index contributed by atoms with van der Waals surface area (Å²) in [5.74, 6) is 1.07. The zero-order valence-corrected chi connectivity index (χ0v) is 12.9. The molecule has 3 rings (SSSR count). The molecule has 0 aliphatic carbocycles. The molecule has 6 nitrogen and oxygen atoms in total. The van der Waals surface area contributed by atoms with Crippen LogP contribution in [-0.4, -0.2) is 21.8 Å². The predicted molar refractivity (Wildman–Crippen MR) is 85.0 cm³/mol. The number of aryl methyl sites for hydroxylation is 1. The van der Waals surface area contributed by atoms with Crippen molar-refractivity contribution >= 4 is 23.0 Å². The third-order valence-corrected chi connectivity index (χ3v) is 4.00. The van der Waals surface area contributed by atoms with Crippen LogP contribution in [0.3, 0.4) is 0 Å². The molecule has 112 valence electrons. The number of aromatic nitrogens is 2. The van der Waals surface area contributed by atoms with Crippen LogP contribution in [-0.2, 0) is 0 Å². The summed E-state index contributed by atoms with van der Waals surface area (Å²) in [4.78, 5) is 13.0. The van der Waals surface area contributed by atoms with E-state index in [0.717, 1.165) is 16.3 Å². The Morgan fingerprint density at radius 1 is 1.41 bits per heavy atom. The van der Waals surface area contributed by atoms with Crippen LogP contribution in [0.4, 0.5) is 0 Å². The molecule has 0 spiro atoms. The molecule has 0 fully saturated rings. The molecule has 7 heteroatoms. The van der Waals surface area contributed by atoms with Gasteiger partial charge in [0.15, 0.2) is 11.5 Å². The monoisotopic (exact) mass is 314 g/mol. The fourth-order valence-corrected chi connectivity index (χ4v) is 2.55. The highest BCUT2D eigenvalue weighted by Crippen LogP contribution is 2.20. The minimum Gasteiger partial charge on any atom is -0.460 e. The van der Waals surface area contributed by atoms with E-state index in [4.69, 9.17) is 4.42 Å². The summed E-state index contributed by atoms with van der Waals surface area (Å²) < 4.78 is 5.48. The average molecular weight is 314 g/mol. The molecule has 22 heavy (non-hydrogen) atoms. The maximum atomic E-state index is 12.0. The Morgan fingerprint density at radius 2 is 2.27 bits per heavy atom. The van der Waals surface area contributed by atoms with Crippen molar-refractivity contribution in [2.45, 2.75) is 13.8 Å². The van der Waals surface area contributed by atoms with Gasteiger partial charge >= 0.3 is 0 Å². The number of hydrogen-bond donors (Lipinski definition) is 2. The number of carbonyl (C=O) groups excluding carboxylic acids is 1. The number of thiophene rings is 1. The Bertz CT molecular complexity index is 814. The Labute approximate surface area is 130 Å². The molecule has 0 saturated heterocycles. The van der Waals surface area contributed by atoms with E-state index in [1.165, 1.54) is 0 Å². The summed E-state index contributed by atoms with van der Waals surface area (Å²) >= 11 is 1.57. The molecule has 0 unspecified atom stereocenters. The van der Waals surface area contributed by atoms with Gasteiger partial charge < -0.3 is 4.42 Å². The Morgan fingerprint density at radius 3 is 2.95 bits per heavy atom. The van der Waals surface area contributed by atoms with Crippen LogP contribution in [0.2, 0.25) is 0 Å². The van der Waals surface area contributed by atoms with Crippen molar-refractivity contribution in [1.82, 2.24) is 15.6 Å². The second-order valence-electron chi connectivity index (χ2n) is 4.69. The van der Waals surface area contributed by atoms with Crippen molar-refractivity contribution < 1.29 is 9.21 Å². The summed E-state index contributed by atoms with van der Waals surface area (Å²) in [6.07, 6.45) is 0. The number of H-pyrrole nitrogens is 1. The molecule has 0 aliphatic heterocycles. The lowest BCUT2D eigenvalue weighted by molar-refractivity contribution is 0.0950. The zero-order valence-electron chi connectivity index (χ0n) is 12.1. The maximum Gasteiger partial charge on any atom is 0.291 e. The molecule has 0 aromatic carbocycles. The van der Waals surface area contributed by atoms with E-state index in [1.807, 2.05) is 43.5 Å². The van der Waals surface area contributed by atoms with Gasteiger partial charge in [-0.1, -0.05) is 6.07 Å². The molecule has 3 aromatic heterocycles. The van der Waals surface area contributed by atoms with Crippen molar-refractivity contribution in [1.29, 1.82) is 0 Å². The quantitative estimate of drug-likeness (QED) is 0.573. The van der Waals surface area contributed by atoms with Crippen molar-refractivity contribution in [3.63, 3.8) is 0 Å². The first-order valence-electron chi connectivity index (χ1n) is 6.64. The number of furan rings is 1. The SMILES string of the molecule is C/C(=N/NC(=O)c1cc(-c2ccc(C)o2)[nH]n1)c1cccs1. The molecular weight excluding hydrogens is 300 g/mol. The largest absolute Gasteiger partial charge is 0.460 e. The number of hydrazone groups is 1. The second-order valence-corrected chi connectivity index (χ2v) is 5.64. The number of carbonyl (C=O) groups is 1. The molecule has 3 heterocycles. The third kappa shape index (κ3) is 2.99. The maximum absolute atomic E-state index is 12.0. The van der Waals surface area contributed by atoms with Crippen LogP contribution in [0.1, 0.15) is 28.0 Å². The molecule has 0 saturated carbocycles. The van der Waals surface area contributed by atoms with Crippen molar-refractivity contribution in [3.05, 3.63) is 52.0 Å². The number of nitrogens with zero attached hydrogens (tertiary/aromatic N) is 2. The van der Waals surface area contributed by atoms with Gasteiger partial charge in [-0.2, -0.15) is 10.2 Å². The Hall–Kier alpha value is -2.67. The van der Waals surface area contributed by atoms with Crippen molar-refractivity contribution in [3.8, 4) is 11.5 Å². The molecule has 0 bridgehead atoms. The molecule has 2 N–H and O–H groups in total.